The molecule has 0 saturated carbocycles. The zero-order valence-electron chi connectivity index (χ0n) is 12.1. The van der Waals surface area contributed by atoms with Crippen LogP contribution in [0, 0.1) is 0 Å². The van der Waals surface area contributed by atoms with Crippen molar-refractivity contribution in [1.29, 1.82) is 0 Å². The summed E-state index contributed by atoms with van der Waals surface area (Å²) in [6.07, 6.45) is 2.37. The summed E-state index contributed by atoms with van der Waals surface area (Å²) >= 11 is 0. The fourth-order valence-corrected chi connectivity index (χ4v) is 2.37. The molecule has 104 valence electrons. The predicted molar refractivity (Wildman–Crippen MR) is 78.5 cm³/mol. The molecule has 0 aliphatic carbocycles. The molecule has 19 heavy (non-hydrogen) atoms. The molecule has 1 aromatic rings. The van der Waals surface area contributed by atoms with Crippen LogP contribution in [0.25, 0.3) is 0 Å². The summed E-state index contributed by atoms with van der Waals surface area (Å²) in [5.41, 5.74) is 2.12. The van der Waals surface area contributed by atoms with Crippen LogP contribution in [-0.2, 0) is 5.41 Å². The molecule has 1 amide bonds. The molecule has 1 aliphatic heterocycles. The van der Waals surface area contributed by atoms with E-state index in [2.05, 4.69) is 31.4 Å². The van der Waals surface area contributed by atoms with Crippen LogP contribution in [0.15, 0.2) is 24.3 Å². The summed E-state index contributed by atoms with van der Waals surface area (Å²) < 4.78 is 0. The lowest BCUT2D eigenvalue weighted by atomic mass is 9.87. The number of benzene rings is 1. The lowest BCUT2D eigenvalue weighted by Gasteiger charge is -2.19. The fraction of sp³-hybridized carbons (Fsp3) is 0.562. The van der Waals surface area contributed by atoms with Crippen molar-refractivity contribution in [1.82, 2.24) is 10.6 Å². The molecule has 1 aromatic carbocycles. The monoisotopic (exact) mass is 260 g/mol. The molecule has 3 heteroatoms. The highest BCUT2D eigenvalue weighted by molar-refractivity contribution is 5.94. The van der Waals surface area contributed by atoms with Gasteiger partial charge in [-0.1, -0.05) is 32.9 Å². The van der Waals surface area contributed by atoms with Gasteiger partial charge in [0.25, 0.3) is 5.91 Å². The number of rotatable bonds is 3. The molecule has 1 unspecified atom stereocenters. The minimum atomic E-state index is 0.0224. The summed E-state index contributed by atoms with van der Waals surface area (Å²) in [4.78, 5) is 12.0. The van der Waals surface area contributed by atoms with Gasteiger partial charge in [-0.3, -0.25) is 4.79 Å². The molecule has 1 heterocycles. The van der Waals surface area contributed by atoms with Crippen LogP contribution >= 0.6 is 0 Å². The molecule has 1 atom stereocenters. The van der Waals surface area contributed by atoms with E-state index in [1.807, 2.05) is 24.3 Å². The van der Waals surface area contributed by atoms with E-state index in [4.69, 9.17) is 0 Å². The molecular formula is C16H24N2O. The van der Waals surface area contributed by atoms with Gasteiger partial charge in [0.2, 0.25) is 0 Å². The van der Waals surface area contributed by atoms with Crippen molar-refractivity contribution >= 4 is 5.91 Å². The number of carbonyl (C=O) groups excluding carboxylic acids is 1. The molecule has 0 aromatic heterocycles. The molecule has 0 spiro atoms. The highest BCUT2D eigenvalue weighted by Gasteiger charge is 2.16. The van der Waals surface area contributed by atoms with Crippen LogP contribution in [-0.4, -0.2) is 25.0 Å². The fourth-order valence-electron chi connectivity index (χ4n) is 2.37. The van der Waals surface area contributed by atoms with Gasteiger partial charge >= 0.3 is 0 Å². The van der Waals surface area contributed by atoms with Gasteiger partial charge in [0.15, 0.2) is 0 Å². The Bertz CT molecular complexity index is 425. The van der Waals surface area contributed by atoms with E-state index in [1.54, 1.807) is 0 Å². The number of hydrogen-bond donors (Lipinski definition) is 2. The Morgan fingerprint density at radius 3 is 2.53 bits per heavy atom. The standard InChI is InChI=1S/C16H24N2O/c1-16(2,3)13-8-6-12(7-9-13)15(19)18-11-14-5-4-10-17-14/h6-9,14,17H,4-5,10-11H2,1-3H3,(H,18,19). The van der Waals surface area contributed by atoms with Crippen LogP contribution in [0.5, 0.6) is 0 Å². The maximum absolute atomic E-state index is 12.0. The van der Waals surface area contributed by atoms with Gasteiger partial charge in [0, 0.05) is 18.2 Å². The van der Waals surface area contributed by atoms with Crippen molar-refractivity contribution in [2.24, 2.45) is 0 Å². The first-order chi connectivity index (χ1) is 8.97. The maximum atomic E-state index is 12.0. The Labute approximate surface area is 115 Å². The summed E-state index contributed by atoms with van der Waals surface area (Å²) in [7, 11) is 0. The smallest absolute Gasteiger partial charge is 0.251 e. The summed E-state index contributed by atoms with van der Waals surface area (Å²) in [5.74, 6) is 0.0224. The molecule has 1 fully saturated rings. The van der Waals surface area contributed by atoms with Crippen LogP contribution < -0.4 is 10.6 Å². The molecule has 2 rings (SSSR count). The summed E-state index contributed by atoms with van der Waals surface area (Å²) in [6, 6.07) is 8.36. The van der Waals surface area contributed by atoms with Gasteiger partial charge in [-0.15, -0.1) is 0 Å². The molecule has 1 aliphatic rings. The number of amides is 1. The van der Waals surface area contributed by atoms with Crippen LogP contribution in [0.3, 0.4) is 0 Å². The van der Waals surface area contributed by atoms with E-state index in [0.29, 0.717) is 6.04 Å². The summed E-state index contributed by atoms with van der Waals surface area (Å²) in [6.45, 7) is 8.32. The summed E-state index contributed by atoms with van der Waals surface area (Å²) in [5, 5.41) is 6.38. The van der Waals surface area contributed by atoms with Crippen molar-refractivity contribution in [2.45, 2.75) is 45.1 Å². The number of hydrogen-bond acceptors (Lipinski definition) is 2. The first kappa shape index (κ1) is 14.1. The Balaban J connectivity index is 1.92. The zero-order chi connectivity index (χ0) is 13.9. The Hall–Kier alpha value is -1.35. The zero-order valence-corrected chi connectivity index (χ0v) is 12.1. The highest BCUT2D eigenvalue weighted by atomic mass is 16.1. The second-order valence-corrected chi connectivity index (χ2v) is 6.33. The van der Waals surface area contributed by atoms with Gasteiger partial charge in [0.1, 0.15) is 0 Å². The quantitative estimate of drug-likeness (QED) is 0.876. The molecule has 0 radical (unpaired) electrons. The third-order valence-corrected chi connectivity index (χ3v) is 3.68. The minimum Gasteiger partial charge on any atom is -0.350 e. The van der Waals surface area contributed by atoms with E-state index in [9.17, 15) is 4.79 Å². The third-order valence-electron chi connectivity index (χ3n) is 3.68. The highest BCUT2D eigenvalue weighted by Crippen LogP contribution is 2.22. The molecule has 2 N–H and O–H groups in total. The molecule has 3 nitrogen and oxygen atoms in total. The van der Waals surface area contributed by atoms with Gasteiger partial charge in [0.05, 0.1) is 0 Å². The topological polar surface area (TPSA) is 41.1 Å². The van der Waals surface area contributed by atoms with Gasteiger partial charge in [-0.05, 0) is 42.5 Å². The van der Waals surface area contributed by atoms with E-state index in [1.165, 1.54) is 12.0 Å². The van der Waals surface area contributed by atoms with E-state index < -0.39 is 0 Å². The largest absolute Gasteiger partial charge is 0.350 e. The van der Waals surface area contributed by atoms with Crippen molar-refractivity contribution in [3.8, 4) is 0 Å². The number of nitrogens with one attached hydrogen (secondary N) is 2. The first-order valence-corrected chi connectivity index (χ1v) is 7.09. The minimum absolute atomic E-state index is 0.0224. The average Bonchev–Trinajstić information content (AvgIpc) is 2.88. The molecular weight excluding hydrogens is 236 g/mol. The van der Waals surface area contributed by atoms with Gasteiger partial charge in [-0.25, -0.2) is 0 Å². The van der Waals surface area contributed by atoms with Gasteiger partial charge < -0.3 is 10.6 Å². The van der Waals surface area contributed by atoms with E-state index in [0.717, 1.165) is 25.1 Å². The Morgan fingerprint density at radius 1 is 1.32 bits per heavy atom. The average molecular weight is 260 g/mol. The Morgan fingerprint density at radius 2 is 2.00 bits per heavy atom. The second kappa shape index (κ2) is 5.74. The van der Waals surface area contributed by atoms with E-state index in [-0.39, 0.29) is 11.3 Å². The lowest BCUT2D eigenvalue weighted by molar-refractivity contribution is 0.0950. The van der Waals surface area contributed by atoms with Crippen molar-refractivity contribution < 1.29 is 4.79 Å². The van der Waals surface area contributed by atoms with Crippen molar-refractivity contribution in [2.75, 3.05) is 13.1 Å². The van der Waals surface area contributed by atoms with Crippen molar-refractivity contribution in [3.05, 3.63) is 35.4 Å². The predicted octanol–water partition coefficient (Wildman–Crippen LogP) is 2.47. The Kier molecular flexibility index (Phi) is 4.25. The first-order valence-electron chi connectivity index (χ1n) is 7.09. The normalized spacial score (nSPS) is 19.4. The number of carbonyl (C=O) groups is 1. The lowest BCUT2D eigenvalue weighted by Crippen LogP contribution is -2.37. The molecule has 0 bridgehead atoms. The second-order valence-electron chi connectivity index (χ2n) is 6.33. The maximum Gasteiger partial charge on any atom is 0.251 e. The van der Waals surface area contributed by atoms with E-state index >= 15 is 0 Å². The van der Waals surface area contributed by atoms with Crippen LogP contribution in [0.2, 0.25) is 0 Å². The van der Waals surface area contributed by atoms with Crippen LogP contribution in [0.1, 0.15) is 49.5 Å². The van der Waals surface area contributed by atoms with Crippen LogP contribution in [0.4, 0.5) is 0 Å². The molecule has 1 saturated heterocycles. The van der Waals surface area contributed by atoms with Gasteiger partial charge in [-0.2, -0.15) is 0 Å². The third kappa shape index (κ3) is 3.80. The van der Waals surface area contributed by atoms with Crippen molar-refractivity contribution in [3.63, 3.8) is 0 Å². The SMILES string of the molecule is CC(C)(C)c1ccc(C(=O)NCC2CCCN2)cc1.